The summed E-state index contributed by atoms with van der Waals surface area (Å²) >= 11 is 0. The summed E-state index contributed by atoms with van der Waals surface area (Å²) < 4.78 is 19.0. The van der Waals surface area contributed by atoms with Crippen molar-refractivity contribution in [3.05, 3.63) is 69.9 Å². The van der Waals surface area contributed by atoms with E-state index in [1.54, 1.807) is 6.07 Å². The third-order valence-corrected chi connectivity index (χ3v) is 4.22. The van der Waals surface area contributed by atoms with Gasteiger partial charge in [0.15, 0.2) is 0 Å². The first-order valence-electron chi connectivity index (χ1n) is 8.18. The molecule has 7 heteroatoms. The van der Waals surface area contributed by atoms with Crippen LogP contribution in [0.2, 0.25) is 0 Å². The molecular formula is C18H20FN3O3. The number of hydrogen-bond acceptors (Lipinski definition) is 4. The molecule has 2 aromatic rings. The lowest BCUT2D eigenvalue weighted by atomic mass is 10.0. The number of carbonyl (C=O) groups excluding carboxylic acids is 1. The smallest absolute Gasteiger partial charge is 0.252 e. The number of pyridine rings is 1. The van der Waals surface area contributed by atoms with Crippen molar-refractivity contribution >= 4 is 5.91 Å². The van der Waals surface area contributed by atoms with Crippen molar-refractivity contribution < 1.29 is 13.9 Å². The van der Waals surface area contributed by atoms with Crippen molar-refractivity contribution in [3.8, 4) is 0 Å². The van der Waals surface area contributed by atoms with Crippen LogP contribution >= 0.6 is 0 Å². The Hall–Kier alpha value is -2.51. The van der Waals surface area contributed by atoms with Crippen molar-refractivity contribution in [1.29, 1.82) is 0 Å². The maximum Gasteiger partial charge on any atom is 0.252 e. The Morgan fingerprint density at radius 2 is 2.08 bits per heavy atom. The number of morpholine rings is 1. The molecule has 2 N–H and O–H groups in total. The molecule has 1 fully saturated rings. The fourth-order valence-corrected chi connectivity index (χ4v) is 2.90. The van der Waals surface area contributed by atoms with Gasteiger partial charge in [-0.2, -0.15) is 0 Å². The predicted molar refractivity (Wildman–Crippen MR) is 90.9 cm³/mol. The van der Waals surface area contributed by atoms with Gasteiger partial charge in [-0.1, -0.05) is 12.1 Å². The highest BCUT2D eigenvalue weighted by Crippen LogP contribution is 2.22. The fraction of sp³-hybridized carbons (Fsp3) is 0.333. The van der Waals surface area contributed by atoms with Crippen LogP contribution in [0, 0.1) is 5.82 Å². The Morgan fingerprint density at radius 1 is 1.28 bits per heavy atom. The zero-order valence-electron chi connectivity index (χ0n) is 13.7. The van der Waals surface area contributed by atoms with Crippen molar-refractivity contribution in [1.82, 2.24) is 15.2 Å². The van der Waals surface area contributed by atoms with Crippen LogP contribution < -0.4 is 10.9 Å². The van der Waals surface area contributed by atoms with Crippen LogP contribution in [-0.2, 0) is 4.74 Å². The highest BCUT2D eigenvalue weighted by Gasteiger charge is 2.23. The number of ether oxygens (including phenoxy) is 1. The molecule has 0 saturated carbocycles. The summed E-state index contributed by atoms with van der Waals surface area (Å²) in [6, 6.07) is 9.05. The van der Waals surface area contributed by atoms with Crippen LogP contribution in [0.15, 0.2) is 47.4 Å². The van der Waals surface area contributed by atoms with Gasteiger partial charge in [-0.05, 0) is 23.8 Å². The summed E-state index contributed by atoms with van der Waals surface area (Å²) in [4.78, 5) is 28.0. The highest BCUT2D eigenvalue weighted by molar-refractivity contribution is 5.93. The number of amides is 1. The zero-order valence-corrected chi connectivity index (χ0v) is 13.7. The number of halogens is 1. The molecule has 1 unspecified atom stereocenters. The van der Waals surface area contributed by atoms with Crippen LogP contribution in [0.3, 0.4) is 0 Å². The van der Waals surface area contributed by atoms with Crippen LogP contribution in [0.25, 0.3) is 0 Å². The summed E-state index contributed by atoms with van der Waals surface area (Å²) in [7, 11) is 0. The fourth-order valence-electron chi connectivity index (χ4n) is 2.90. The zero-order chi connectivity index (χ0) is 17.6. The van der Waals surface area contributed by atoms with E-state index >= 15 is 0 Å². The number of carbonyl (C=O) groups is 1. The number of aromatic nitrogens is 1. The molecule has 1 saturated heterocycles. The normalized spacial score (nSPS) is 16.4. The Kier molecular flexibility index (Phi) is 5.57. The first kappa shape index (κ1) is 17.3. The van der Waals surface area contributed by atoms with E-state index in [-0.39, 0.29) is 23.3 Å². The van der Waals surface area contributed by atoms with Gasteiger partial charge in [0.1, 0.15) is 5.82 Å². The van der Waals surface area contributed by atoms with Gasteiger partial charge in [-0.15, -0.1) is 0 Å². The number of benzene rings is 1. The van der Waals surface area contributed by atoms with E-state index in [0.29, 0.717) is 25.3 Å². The van der Waals surface area contributed by atoms with E-state index in [9.17, 15) is 14.0 Å². The second-order valence-electron chi connectivity index (χ2n) is 5.87. The monoisotopic (exact) mass is 345 g/mol. The van der Waals surface area contributed by atoms with Gasteiger partial charge >= 0.3 is 0 Å². The molecule has 25 heavy (non-hydrogen) atoms. The predicted octanol–water partition coefficient (Wildman–Crippen LogP) is 1.32. The van der Waals surface area contributed by atoms with E-state index < -0.39 is 0 Å². The van der Waals surface area contributed by atoms with Crippen molar-refractivity contribution in [2.24, 2.45) is 0 Å². The Morgan fingerprint density at radius 3 is 2.76 bits per heavy atom. The molecule has 1 aliphatic rings. The quantitative estimate of drug-likeness (QED) is 0.857. The summed E-state index contributed by atoms with van der Waals surface area (Å²) in [5.74, 6) is -0.589. The standard InChI is InChI=1S/C18H20FN3O3/c19-15-3-1-2-13(10-15)16(22-6-8-25-9-7-22)12-21-18(24)14-4-5-17(23)20-11-14/h1-5,10-11,16H,6-9,12H2,(H,20,23)(H,21,24). The molecular weight excluding hydrogens is 325 g/mol. The maximum absolute atomic E-state index is 13.6. The Balaban J connectivity index is 1.74. The molecule has 0 bridgehead atoms. The van der Waals surface area contributed by atoms with Gasteiger partial charge in [0, 0.05) is 31.9 Å². The second-order valence-corrected chi connectivity index (χ2v) is 5.87. The summed E-state index contributed by atoms with van der Waals surface area (Å²) in [6.07, 6.45) is 1.38. The van der Waals surface area contributed by atoms with E-state index in [1.807, 2.05) is 6.07 Å². The lowest BCUT2D eigenvalue weighted by Gasteiger charge is -2.35. The minimum absolute atomic E-state index is 0.147. The molecule has 132 valence electrons. The number of hydrogen-bond donors (Lipinski definition) is 2. The minimum Gasteiger partial charge on any atom is -0.379 e. The van der Waals surface area contributed by atoms with Crippen LogP contribution in [0.4, 0.5) is 4.39 Å². The lowest BCUT2D eigenvalue weighted by Crippen LogP contribution is -2.43. The molecule has 1 atom stereocenters. The molecule has 3 rings (SSSR count). The Labute approximate surface area is 144 Å². The molecule has 6 nitrogen and oxygen atoms in total. The number of H-pyrrole nitrogens is 1. The van der Waals surface area contributed by atoms with Crippen LogP contribution in [0.1, 0.15) is 22.0 Å². The average Bonchev–Trinajstić information content (AvgIpc) is 2.63. The van der Waals surface area contributed by atoms with Crippen molar-refractivity contribution in [3.63, 3.8) is 0 Å². The van der Waals surface area contributed by atoms with Gasteiger partial charge in [0.2, 0.25) is 5.56 Å². The summed E-state index contributed by atoms with van der Waals surface area (Å²) in [5.41, 5.74) is 0.922. The molecule has 0 spiro atoms. The summed E-state index contributed by atoms with van der Waals surface area (Å²) in [6.45, 7) is 2.99. The first-order valence-corrected chi connectivity index (χ1v) is 8.18. The van der Waals surface area contributed by atoms with E-state index in [1.165, 1.54) is 30.5 Å². The number of aromatic amines is 1. The molecule has 0 aliphatic carbocycles. The number of nitrogens with one attached hydrogen (secondary N) is 2. The van der Waals surface area contributed by atoms with Gasteiger partial charge in [-0.3, -0.25) is 14.5 Å². The summed E-state index contributed by atoms with van der Waals surface area (Å²) in [5, 5.41) is 2.87. The molecule has 1 aromatic carbocycles. The molecule has 2 heterocycles. The van der Waals surface area contributed by atoms with Gasteiger partial charge in [0.25, 0.3) is 5.91 Å². The largest absolute Gasteiger partial charge is 0.379 e. The molecule has 0 radical (unpaired) electrons. The van der Waals surface area contributed by atoms with Gasteiger partial charge in [-0.25, -0.2) is 4.39 Å². The highest BCUT2D eigenvalue weighted by atomic mass is 19.1. The number of rotatable bonds is 5. The maximum atomic E-state index is 13.6. The van der Waals surface area contributed by atoms with Gasteiger partial charge < -0.3 is 15.0 Å². The molecule has 1 aliphatic heterocycles. The van der Waals surface area contributed by atoms with E-state index in [0.717, 1.165) is 18.7 Å². The number of nitrogens with zero attached hydrogens (tertiary/aromatic N) is 1. The molecule has 1 aromatic heterocycles. The second kappa shape index (κ2) is 8.04. The minimum atomic E-state index is -0.303. The first-order chi connectivity index (χ1) is 12.1. The van der Waals surface area contributed by atoms with Gasteiger partial charge in [0.05, 0.1) is 24.8 Å². The third-order valence-electron chi connectivity index (χ3n) is 4.22. The topological polar surface area (TPSA) is 74.4 Å². The SMILES string of the molecule is O=C(NCC(c1cccc(F)c1)N1CCOCC1)c1ccc(=O)[nH]c1. The van der Waals surface area contributed by atoms with Crippen LogP contribution in [0.5, 0.6) is 0 Å². The van der Waals surface area contributed by atoms with E-state index in [4.69, 9.17) is 4.74 Å². The van der Waals surface area contributed by atoms with Crippen molar-refractivity contribution in [2.75, 3.05) is 32.8 Å². The third kappa shape index (κ3) is 4.52. The van der Waals surface area contributed by atoms with E-state index in [2.05, 4.69) is 15.2 Å². The average molecular weight is 345 g/mol. The Bertz CT molecular complexity index is 767. The molecule has 1 amide bonds. The van der Waals surface area contributed by atoms with Crippen LogP contribution in [-0.4, -0.2) is 48.6 Å². The van der Waals surface area contributed by atoms with Crippen molar-refractivity contribution in [2.45, 2.75) is 6.04 Å². The lowest BCUT2D eigenvalue weighted by molar-refractivity contribution is 0.0162.